The highest BCUT2D eigenvalue weighted by Gasteiger charge is 2.00. The number of carbonyl (C=O) groups is 2. The second-order valence-corrected chi connectivity index (χ2v) is 4.66. The smallest absolute Gasteiger partial charge is 0.220 e. The van der Waals surface area contributed by atoms with Crippen LogP contribution in [-0.2, 0) is 19.1 Å². The SMILES string of the molecule is CC(=O)NCCOCCOCCNC(=O)CCCCCN. The first kappa shape index (κ1) is 19.8. The van der Waals surface area contributed by atoms with E-state index in [9.17, 15) is 9.59 Å². The van der Waals surface area contributed by atoms with Gasteiger partial charge in [-0.15, -0.1) is 0 Å². The van der Waals surface area contributed by atoms with Gasteiger partial charge in [-0.2, -0.15) is 0 Å². The van der Waals surface area contributed by atoms with Gasteiger partial charge in [0.05, 0.1) is 26.4 Å². The van der Waals surface area contributed by atoms with Crippen LogP contribution in [0.4, 0.5) is 0 Å². The van der Waals surface area contributed by atoms with E-state index in [0.717, 1.165) is 19.3 Å². The van der Waals surface area contributed by atoms with Crippen molar-refractivity contribution in [3.8, 4) is 0 Å². The summed E-state index contributed by atoms with van der Waals surface area (Å²) in [5, 5.41) is 5.43. The molecule has 0 aromatic carbocycles. The molecule has 0 atom stereocenters. The topological polar surface area (TPSA) is 103 Å². The molecule has 7 heteroatoms. The first-order chi connectivity index (χ1) is 10.2. The number of nitrogens with two attached hydrogens (primary N) is 1. The third kappa shape index (κ3) is 16.8. The lowest BCUT2D eigenvalue weighted by Crippen LogP contribution is -2.27. The maximum atomic E-state index is 11.4. The van der Waals surface area contributed by atoms with E-state index in [1.807, 2.05) is 0 Å². The summed E-state index contributed by atoms with van der Waals surface area (Å²) in [5.74, 6) is -0.00389. The van der Waals surface area contributed by atoms with Gasteiger partial charge in [0, 0.05) is 26.4 Å². The number of hydrogen-bond acceptors (Lipinski definition) is 5. The van der Waals surface area contributed by atoms with Crippen molar-refractivity contribution < 1.29 is 19.1 Å². The normalized spacial score (nSPS) is 10.4. The van der Waals surface area contributed by atoms with Gasteiger partial charge in [-0.1, -0.05) is 6.42 Å². The lowest BCUT2D eigenvalue weighted by molar-refractivity contribution is -0.121. The van der Waals surface area contributed by atoms with Crippen LogP contribution in [0.2, 0.25) is 0 Å². The van der Waals surface area contributed by atoms with Crippen molar-refractivity contribution in [1.82, 2.24) is 10.6 Å². The van der Waals surface area contributed by atoms with E-state index in [4.69, 9.17) is 15.2 Å². The number of unbranched alkanes of at least 4 members (excludes halogenated alkanes) is 2. The average molecular weight is 303 g/mol. The van der Waals surface area contributed by atoms with Crippen molar-refractivity contribution in [2.75, 3.05) is 46.1 Å². The van der Waals surface area contributed by atoms with Gasteiger partial charge >= 0.3 is 0 Å². The Hall–Kier alpha value is -1.18. The fourth-order valence-corrected chi connectivity index (χ4v) is 1.58. The maximum Gasteiger partial charge on any atom is 0.220 e. The number of nitrogens with one attached hydrogen (secondary N) is 2. The summed E-state index contributed by atoms with van der Waals surface area (Å²) in [5.41, 5.74) is 5.38. The van der Waals surface area contributed by atoms with Crippen LogP contribution in [0, 0.1) is 0 Å². The molecule has 0 fully saturated rings. The lowest BCUT2D eigenvalue weighted by atomic mass is 10.2. The zero-order valence-corrected chi connectivity index (χ0v) is 13.0. The molecule has 0 radical (unpaired) electrons. The summed E-state index contributed by atoms with van der Waals surface area (Å²) in [7, 11) is 0. The van der Waals surface area contributed by atoms with Gasteiger partial charge < -0.3 is 25.8 Å². The highest BCUT2D eigenvalue weighted by Crippen LogP contribution is 1.97. The number of rotatable bonds is 14. The first-order valence-electron chi connectivity index (χ1n) is 7.53. The molecule has 0 aromatic rings. The molecule has 21 heavy (non-hydrogen) atoms. The molecule has 0 aliphatic carbocycles. The van der Waals surface area contributed by atoms with E-state index in [1.54, 1.807) is 0 Å². The summed E-state index contributed by atoms with van der Waals surface area (Å²) in [6.07, 6.45) is 3.40. The number of ether oxygens (including phenoxy) is 2. The Morgan fingerprint density at radius 1 is 0.905 bits per heavy atom. The molecule has 0 unspecified atom stereocenters. The molecule has 0 rings (SSSR count). The highest BCUT2D eigenvalue weighted by atomic mass is 16.5. The summed E-state index contributed by atoms with van der Waals surface area (Å²) in [6.45, 7) is 5.08. The molecule has 0 aliphatic heterocycles. The second kappa shape index (κ2) is 15.2. The Kier molecular flexibility index (Phi) is 14.4. The Balaban J connectivity index is 3.14. The molecule has 2 amide bonds. The minimum Gasteiger partial charge on any atom is -0.377 e. The van der Waals surface area contributed by atoms with E-state index in [0.29, 0.717) is 52.5 Å². The van der Waals surface area contributed by atoms with Gasteiger partial charge in [-0.3, -0.25) is 9.59 Å². The van der Waals surface area contributed by atoms with Crippen molar-refractivity contribution in [2.24, 2.45) is 5.73 Å². The third-order valence-electron chi connectivity index (χ3n) is 2.67. The van der Waals surface area contributed by atoms with Crippen LogP contribution in [0.1, 0.15) is 32.6 Å². The van der Waals surface area contributed by atoms with Gasteiger partial charge in [0.1, 0.15) is 0 Å². The molecular formula is C14H29N3O4. The molecule has 0 bridgehead atoms. The maximum absolute atomic E-state index is 11.4. The second-order valence-electron chi connectivity index (χ2n) is 4.66. The van der Waals surface area contributed by atoms with Crippen LogP contribution >= 0.6 is 0 Å². The first-order valence-corrected chi connectivity index (χ1v) is 7.53. The third-order valence-corrected chi connectivity index (χ3v) is 2.67. The molecule has 0 saturated carbocycles. The van der Waals surface area contributed by atoms with Crippen molar-refractivity contribution in [1.29, 1.82) is 0 Å². The fourth-order valence-electron chi connectivity index (χ4n) is 1.58. The van der Waals surface area contributed by atoms with Gasteiger partial charge in [-0.05, 0) is 19.4 Å². The Morgan fingerprint density at radius 2 is 1.52 bits per heavy atom. The molecule has 0 aromatic heterocycles. The molecule has 124 valence electrons. The minimum atomic E-state index is -0.0615. The predicted molar refractivity (Wildman–Crippen MR) is 80.9 cm³/mol. The predicted octanol–water partition coefficient (Wildman–Crippen LogP) is -0.209. The van der Waals surface area contributed by atoms with E-state index in [2.05, 4.69) is 10.6 Å². The van der Waals surface area contributed by atoms with Crippen molar-refractivity contribution in [2.45, 2.75) is 32.6 Å². The molecular weight excluding hydrogens is 274 g/mol. The zero-order valence-electron chi connectivity index (χ0n) is 13.0. The van der Waals surface area contributed by atoms with Crippen molar-refractivity contribution in [3.05, 3.63) is 0 Å². The highest BCUT2D eigenvalue weighted by molar-refractivity contribution is 5.75. The summed E-state index contributed by atoms with van der Waals surface area (Å²) >= 11 is 0. The lowest BCUT2D eigenvalue weighted by Gasteiger charge is -2.07. The molecule has 0 aliphatic rings. The van der Waals surface area contributed by atoms with E-state index < -0.39 is 0 Å². The summed E-state index contributed by atoms with van der Waals surface area (Å²) in [4.78, 5) is 22.0. The summed E-state index contributed by atoms with van der Waals surface area (Å²) < 4.78 is 10.6. The van der Waals surface area contributed by atoms with Crippen molar-refractivity contribution >= 4 is 11.8 Å². The number of hydrogen-bond donors (Lipinski definition) is 3. The van der Waals surface area contributed by atoms with Crippen LogP contribution in [0.5, 0.6) is 0 Å². The van der Waals surface area contributed by atoms with Crippen LogP contribution in [0.3, 0.4) is 0 Å². The van der Waals surface area contributed by atoms with Gasteiger partial charge in [0.2, 0.25) is 11.8 Å². The quantitative estimate of drug-likeness (QED) is 0.385. The van der Waals surface area contributed by atoms with E-state index in [1.165, 1.54) is 6.92 Å². The molecule has 0 spiro atoms. The number of amides is 2. The van der Waals surface area contributed by atoms with Crippen molar-refractivity contribution in [3.63, 3.8) is 0 Å². The van der Waals surface area contributed by atoms with Gasteiger partial charge in [-0.25, -0.2) is 0 Å². The minimum absolute atomic E-state index is 0.0576. The Labute approximate surface area is 126 Å². The van der Waals surface area contributed by atoms with E-state index in [-0.39, 0.29) is 11.8 Å². The van der Waals surface area contributed by atoms with Crippen LogP contribution in [0.25, 0.3) is 0 Å². The zero-order chi connectivity index (χ0) is 15.8. The Morgan fingerprint density at radius 3 is 2.10 bits per heavy atom. The molecule has 7 nitrogen and oxygen atoms in total. The largest absolute Gasteiger partial charge is 0.377 e. The van der Waals surface area contributed by atoms with Gasteiger partial charge in [0.15, 0.2) is 0 Å². The molecule has 0 heterocycles. The number of carbonyl (C=O) groups excluding carboxylic acids is 2. The monoisotopic (exact) mass is 303 g/mol. The molecule has 4 N–H and O–H groups in total. The van der Waals surface area contributed by atoms with Crippen LogP contribution in [0.15, 0.2) is 0 Å². The standard InChI is InChI=1S/C14H29N3O4/c1-13(18)16-7-9-20-11-12-21-10-8-17-14(19)5-3-2-4-6-15/h2-12,15H2,1H3,(H,16,18)(H,17,19). The molecule has 0 saturated heterocycles. The fraction of sp³-hybridized carbons (Fsp3) is 0.857. The summed E-state index contributed by atoms with van der Waals surface area (Å²) in [6, 6.07) is 0. The van der Waals surface area contributed by atoms with Crippen LogP contribution < -0.4 is 16.4 Å². The van der Waals surface area contributed by atoms with Gasteiger partial charge in [0.25, 0.3) is 0 Å². The Bertz CT molecular complexity index is 275. The average Bonchev–Trinajstić information content (AvgIpc) is 2.45. The van der Waals surface area contributed by atoms with E-state index >= 15 is 0 Å². The van der Waals surface area contributed by atoms with Crippen LogP contribution in [-0.4, -0.2) is 57.9 Å².